The van der Waals surface area contributed by atoms with Gasteiger partial charge in [-0.25, -0.2) is 60.2 Å². The van der Waals surface area contributed by atoms with Crippen LogP contribution in [-0.2, 0) is 71.3 Å². The summed E-state index contributed by atoms with van der Waals surface area (Å²) < 4.78 is 118. The molecule has 6 aromatic carbocycles. The first kappa shape index (κ1) is 106. The van der Waals surface area contributed by atoms with E-state index < -0.39 is 91.1 Å². The Balaban J connectivity index is 0.000000864. The minimum atomic E-state index is -4.59. The Morgan fingerprint density at radius 3 is 1.03 bits per heavy atom. The normalized spacial score (nSPS) is 11.2. The zero-order chi connectivity index (χ0) is 81.3. The van der Waals surface area contributed by atoms with Gasteiger partial charge in [0.25, 0.3) is 0 Å². The average Bonchev–Trinajstić information content (AvgIpc) is 0.853. The van der Waals surface area contributed by atoms with Gasteiger partial charge in [0, 0.05) is 88.0 Å². The van der Waals surface area contributed by atoms with E-state index in [4.69, 9.17) is 29.1 Å². The number of benzene rings is 6. The molecule has 0 aliphatic carbocycles. The number of nitrogens with zero attached hydrogens (tertiary/aromatic N) is 6. The number of carboxylic acids is 1. The Morgan fingerprint density at radius 2 is 0.737 bits per heavy atom. The minimum Gasteiger partial charge on any atom is -0.870 e. The maximum atomic E-state index is 14.0. The van der Waals surface area contributed by atoms with Crippen molar-refractivity contribution in [1.82, 2.24) is 29.7 Å². The van der Waals surface area contributed by atoms with Crippen molar-refractivity contribution in [3.05, 3.63) is 216 Å². The van der Waals surface area contributed by atoms with E-state index >= 15 is 0 Å². The molecule has 6 amide bonds. The summed E-state index contributed by atoms with van der Waals surface area (Å²) in [5.41, 5.74) is 0.251. The Bertz CT molecular complexity index is 4790. The van der Waals surface area contributed by atoms with Crippen LogP contribution in [0.2, 0.25) is 0 Å². The number of amides is 6. The molecule has 118 heavy (non-hydrogen) atoms. The molecular formula is C80H97F6LiN9O18PS3. The van der Waals surface area contributed by atoms with E-state index in [1.165, 1.54) is 72.3 Å². The van der Waals surface area contributed by atoms with Gasteiger partial charge in [0.05, 0.1) is 31.8 Å². The van der Waals surface area contributed by atoms with Crippen molar-refractivity contribution in [2.45, 2.75) is 122 Å². The van der Waals surface area contributed by atoms with Gasteiger partial charge in [0.1, 0.15) is 37.3 Å². The summed E-state index contributed by atoms with van der Waals surface area (Å²) in [5, 5.41) is 22.0. The van der Waals surface area contributed by atoms with Gasteiger partial charge in [-0.1, -0.05) is 117 Å². The Labute approximate surface area is 711 Å². The number of phosphoric acid groups is 1. The van der Waals surface area contributed by atoms with E-state index in [9.17, 15) is 69.3 Å². The third-order valence-electron chi connectivity index (χ3n) is 17.8. The summed E-state index contributed by atoms with van der Waals surface area (Å²) in [5.74, 6) is -7.51. The number of esters is 1. The predicted octanol–water partition coefficient (Wildman–Crippen LogP) is 12.2. The molecular weight excluding hydrogens is 1620 g/mol. The maximum Gasteiger partial charge on any atom is 1.00 e. The summed E-state index contributed by atoms with van der Waals surface area (Å²) in [7, 11) is 1.25. The molecule has 0 bridgehead atoms. The number of nitrogens with one attached hydrogen (secondary N) is 3. The number of likely N-dealkylation sites (N-methyl/N-ethyl adjacent to an activating group) is 3. The van der Waals surface area contributed by atoms with Crippen molar-refractivity contribution in [2.75, 3.05) is 70.6 Å². The van der Waals surface area contributed by atoms with Crippen LogP contribution in [-0.4, -0.2) is 171 Å². The van der Waals surface area contributed by atoms with Crippen molar-refractivity contribution in [1.29, 1.82) is 0 Å². The fourth-order valence-electron chi connectivity index (χ4n) is 11.4. The second-order valence-corrected chi connectivity index (χ2v) is 26.8. The fourth-order valence-corrected chi connectivity index (χ4v) is 11.8. The van der Waals surface area contributed by atoms with Crippen LogP contribution in [0.4, 0.5) is 58.2 Å². The molecule has 0 spiro atoms. The molecule has 0 saturated carbocycles. The maximum absolute atomic E-state index is 14.0. The van der Waals surface area contributed by atoms with Crippen LogP contribution in [0.25, 0.3) is 32.3 Å². The minimum absolute atomic E-state index is 0. The number of halogens is 6. The van der Waals surface area contributed by atoms with E-state index in [-0.39, 0.29) is 210 Å². The first-order valence-electron chi connectivity index (χ1n) is 35.5. The number of ether oxygens (including phenoxy) is 4. The number of anilines is 3. The van der Waals surface area contributed by atoms with Gasteiger partial charge >= 0.3 is 56.9 Å². The molecule has 9 aromatic rings. The molecule has 0 unspecified atom stereocenters. The Hall–Kier alpha value is -9.99. The molecule has 7 N–H and O–H groups in total. The number of carboxylic acid groups (broad SMARTS) is 1. The van der Waals surface area contributed by atoms with Crippen LogP contribution in [0.15, 0.2) is 164 Å². The molecule has 9 rings (SSSR count). The molecule has 27 nitrogen and oxygen atoms in total. The number of hydrogen-bond acceptors (Lipinski definition) is 18. The molecule has 3 aromatic heterocycles. The summed E-state index contributed by atoms with van der Waals surface area (Å²) in [6, 6.07) is 37.2. The quantitative estimate of drug-likeness (QED) is 0.00536. The molecule has 0 saturated heterocycles. The smallest absolute Gasteiger partial charge is 0.870 e. The van der Waals surface area contributed by atoms with E-state index in [1.54, 1.807) is 43.8 Å². The number of rotatable bonds is 35. The van der Waals surface area contributed by atoms with E-state index in [0.29, 0.717) is 37.3 Å². The second kappa shape index (κ2) is 54.2. The first-order valence-corrected chi connectivity index (χ1v) is 37.0. The molecule has 636 valence electrons. The van der Waals surface area contributed by atoms with Gasteiger partial charge in [-0.05, 0) is 133 Å². The zero-order valence-electron chi connectivity index (χ0n) is 64.7. The number of carbonyl (C=O) groups is 8. The predicted molar refractivity (Wildman–Crippen MR) is 443 cm³/mol. The van der Waals surface area contributed by atoms with Gasteiger partial charge in [-0.2, -0.15) is 40.5 Å². The third-order valence-corrected chi connectivity index (χ3v) is 18.3. The largest absolute Gasteiger partial charge is 1.00 e. The van der Waals surface area contributed by atoms with Crippen LogP contribution in [0.5, 0.6) is 0 Å². The van der Waals surface area contributed by atoms with Gasteiger partial charge in [0.15, 0.2) is 34.9 Å². The number of phosphoric ester groups is 1. The van der Waals surface area contributed by atoms with Gasteiger partial charge in [0.2, 0.25) is 17.7 Å². The van der Waals surface area contributed by atoms with Crippen LogP contribution in [0.1, 0.15) is 101 Å². The molecule has 0 aliphatic heterocycles. The number of carbonyl (C=O) groups excluding carboxylic acids is 7. The van der Waals surface area contributed by atoms with Gasteiger partial charge in [-0.15, -0.1) is 0 Å². The SMILES string of the molecule is C.CN(C(=O)CCc1cccc(F)c1F)[C@@H](CCCC(=O)O)COC(=O)Nc1cc2ccccc2cn1.CN(C(=O)CCc1cccc(F)c1F)[C@@H](CCCCOP(=O)(O)O)COC(=O)Nc1cc2ccccc2cn1.COC(=O)CCC[C@@H](COC(=O)Nc1cc2ccccc2cn1)N(C)C(=O)CCc1cccc(F)c1F.S.S.S.[Li+].[OH-]. The number of aryl methyl sites for hydroxylation is 3. The zero-order valence-corrected chi connectivity index (χ0v) is 68.6. The Morgan fingerprint density at radius 1 is 0.441 bits per heavy atom. The van der Waals surface area contributed by atoms with E-state index in [2.05, 4.69) is 40.2 Å². The number of pyridine rings is 3. The molecule has 38 heteroatoms. The summed E-state index contributed by atoms with van der Waals surface area (Å²) in [6.07, 6.45) is 4.56. The first-order chi connectivity index (χ1) is 53.5. The second-order valence-electron chi connectivity index (χ2n) is 25.6. The average molecular weight is 1720 g/mol. The molecule has 3 heterocycles. The van der Waals surface area contributed by atoms with E-state index in [1.807, 2.05) is 72.8 Å². The van der Waals surface area contributed by atoms with Crippen molar-refractivity contribution in [3.63, 3.8) is 0 Å². The number of aromatic nitrogens is 3. The van der Waals surface area contributed by atoms with Crippen LogP contribution >= 0.6 is 48.3 Å². The van der Waals surface area contributed by atoms with Gasteiger partial charge in [-0.3, -0.25) is 44.4 Å². The standard InChI is InChI=1S/C27H29F2N3O5.C26H30F2N3O7P.C26H27F2N3O5.CH4.Li.H2O.3H2S/c1-32(24(33)14-13-18-9-5-11-22(28)26(18)29)21(10-6-12-25(34)36-2)17-37-27(35)31-23-15-19-7-3-4-8-20(19)16-30-23;1-31(24(32)13-12-18-9-6-11-22(27)25(18)28)21(10-4-5-14-38-39(34,35)36)17-37-26(33)30-23-15-19-7-2-3-8-20(19)16-29-23;1-31(23(32)13-12-17-8-4-10-21(27)25(17)28)20(9-5-11-24(33)34)16-36-26(35)30-22-14-18-6-2-3-7-19(18)15-29-22;;;;;;/h3-5,7-9,11,15-16,21H,6,10,12-14,17H2,1-2H3,(H,30,31,35);2-3,6-9,11,15-16,21H,4-5,10,12-14,17H2,1H3,(H,29,30,33)(H2,34,35,36);2-4,6-8,10,14-15,20H,5,9,11-13,16H2,1H3,(H,33,34)(H,29,30,35);1H4;;4*1H2/q;;;;+1;;;;/p-1/t2*21-;20-;;;;;;/m000....../s1. The number of unbranched alkanes of at least 4 members (excludes halogenated alkanes) is 1. The molecule has 3 atom stereocenters. The van der Waals surface area contributed by atoms with Crippen molar-refractivity contribution < 1.29 is 132 Å². The number of fused-ring (bicyclic) bond motifs is 3. The van der Waals surface area contributed by atoms with Crippen molar-refractivity contribution in [2.24, 2.45) is 0 Å². The molecule has 0 aliphatic rings. The molecule has 0 fully saturated rings. The Kier molecular flexibility index (Phi) is 48.7. The fraction of sp³-hybridized carbons (Fsp3) is 0.338. The van der Waals surface area contributed by atoms with E-state index in [0.717, 1.165) is 50.5 Å². The number of aliphatic carboxylic acids is 1. The number of hydrogen-bond donors (Lipinski definition) is 6. The van der Waals surface area contributed by atoms with Crippen LogP contribution in [0.3, 0.4) is 0 Å². The monoisotopic (exact) mass is 1720 g/mol. The van der Waals surface area contributed by atoms with Crippen LogP contribution in [0, 0.1) is 34.9 Å². The van der Waals surface area contributed by atoms with Gasteiger partial charge < -0.3 is 54.0 Å². The summed E-state index contributed by atoms with van der Waals surface area (Å²) in [4.78, 5) is 132. The molecule has 0 radical (unpaired) electrons. The van der Waals surface area contributed by atoms with Crippen molar-refractivity contribution >= 4 is 146 Å². The topological polar surface area (TPSA) is 375 Å². The summed E-state index contributed by atoms with van der Waals surface area (Å²) >= 11 is 0. The third kappa shape index (κ3) is 35.7. The van der Waals surface area contributed by atoms with Crippen molar-refractivity contribution in [3.8, 4) is 0 Å². The number of methoxy groups -OCH3 is 1. The summed E-state index contributed by atoms with van der Waals surface area (Å²) in [6.45, 7) is -0.704. The van der Waals surface area contributed by atoms with Crippen LogP contribution < -0.4 is 34.8 Å².